The highest BCUT2D eigenvalue weighted by Gasteiger charge is 2.31. The van der Waals surface area contributed by atoms with Gasteiger partial charge in [-0.05, 0) is 23.8 Å². The molecule has 0 fully saturated rings. The summed E-state index contributed by atoms with van der Waals surface area (Å²) in [5.41, 5.74) is 3.94. The summed E-state index contributed by atoms with van der Waals surface area (Å²) < 4.78 is 49.9. The quantitative estimate of drug-likeness (QED) is 0.797. The van der Waals surface area contributed by atoms with Gasteiger partial charge in [0.1, 0.15) is 5.82 Å². The lowest BCUT2D eigenvalue weighted by Crippen LogP contribution is -2.29. The molecule has 0 aliphatic heterocycles. The van der Waals surface area contributed by atoms with Gasteiger partial charge in [-0.1, -0.05) is 0 Å². The lowest BCUT2D eigenvalue weighted by atomic mass is 10.1. The first-order valence-electron chi connectivity index (χ1n) is 4.66. The summed E-state index contributed by atoms with van der Waals surface area (Å²) in [6.45, 7) is -0.474. The predicted octanol–water partition coefficient (Wildman–Crippen LogP) is 1.42. The van der Waals surface area contributed by atoms with E-state index in [0.717, 1.165) is 12.1 Å². The lowest BCUT2D eigenvalue weighted by Gasteiger charge is -2.10. The standard InChI is InChI=1S/C10H10F4N2O/c11-8-2-6(5-16-9(17)4-15)1-7(3-8)10(12,13)14/h1-3H,4-5,15H2,(H,16,17). The predicted molar refractivity (Wildman–Crippen MR) is 52.3 cm³/mol. The summed E-state index contributed by atoms with van der Waals surface area (Å²) in [6, 6.07) is 2.10. The van der Waals surface area contributed by atoms with Crippen LogP contribution in [-0.2, 0) is 17.5 Å². The highest BCUT2D eigenvalue weighted by molar-refractivity contribution is 5.77. The number of alkyl halides is 3. The van der Waals surface area contributed by atoms with Crippen LogP contribution in [0.25, 0.3) is 0 Å². The number of nitrogens with two attached hydrogens (primary N) is 1. The van der Waals surface area contributed by atoms with Gasteiger partial charge in [-0.25, -0.2) is 4.39 Å². The summed E-state index contributed by atoms with van der Waals surface area (Å²) in [5.74, 6) is -1.53. The number of hydrogen-bond donors (Lipinski definition) is 2. The molecule has 0 radical (unpaired) electrons. The second kappa shape index (κ2) is 5.13. The number of nitrogens with one attached hydrogen (secondary N) is 1. The van der Waals surface area contributed by atoms with E-state index >= 15 is 0 Å². The molecule has 94 valence electrons. The van der Waals surface area contributed by atoms with Gasteiger partial charge in [0.15, 0.2) is 0 Å². The second-order valence-corrected chi connectivity index (χ2v) is 3.33. The molecule has 0 saturated heterocycles. The van der Waals surface area contributed by atoms with Crippen molar-refractivity contribution in [2.75, 3.05) is 6.54 Å². The zero-order valence-corrected chi connectivity index (χ0v) is 8.64. The van der Waals surface area contributed by atoms with Gasteiger partial charge in [-0.3, -0.25) is 4.79 Å². The van der Waals surface area contributed by atoms with Gasteiger partial charge in [-0.15, -0.1) is 0 Å². The average Bonchev–Trinajstić information content (AvgIpc) is 2.24. The van der Waals surface area contributed by atoms with Gasteiger partial charge in [0.05, 0.1) is 12.1 Å². The Labute approximate surface area is 94.6 Å². The Bertz CT molecular complexity index is 417. The molecule has 0 heterocycles. The van der Waals surface area contributed by atoms with Crippen molar-refractivity contribution in [1.29, 1.82) is 0 Å². The van der Waals surface area contributed by atoms with E-state index in [0.29, 0.717) is 6.07 Å². The van der Waals surface area contributed by atoms with Gasteiger partial charge < -0.3 is 11.1 Å². The number of rotatable bonds is 3. The SMILES string of the molecule is NCC(=O)NCc1cc(F)cc(C(F)(F)F)c1. The van der Waals surface area contributed by atoms with Crippen LogP contribution in [0.1, 0.15) is 11.1 Å². The lowest BCUT2D eigenvalue weighted by molar-refractivity contribution is -0.137. The summed E-state index contributed by atoms with van der Waals surface area (Å²) >= 11 is 0. The zero-order chi connectivity index (χ0) is 13.1. The van der Waals surface area contributed by atoms with Gasteiger partial charge in [0, 0.05) is 6.54 Å². The Kier molecular flexibility index (Phi) is 4.06. The zero-order valence-electron chi connectivity index (χ0n) is 8.64. The molecule has 3 N–H and O–H groups in total. The van der Waals surface area contributed by atoms with Crippen molar-refractivity contribution in [3.05, 3.63) is 35.1 Å². The van der Waals surface area contributed by atoms with Crippen molar-refractivity contribution < 1.29 is 22.4 Å². The molecule has 17 heavy (non-hydrogen) atoms. The minimum Gasteiger partial charge on any atom is -0.351 e. The van der Waals surface area contributed by atoms with Crippen LogP contribution in [-0.4, -0.2) is 12.5 Å². The molecule has 0 aromatic heterocycles. The van der Waals surface area contributed by atoms with Crippen molar-refractivity contribution in [1.82, 2.24) is 5.32 Å². The molecule has 1 aromatic rings. The molecular weight excluding hydrogens is 240 g/mol. The van der Waals surface area contributed by atoms with Crippen molar-refractivity contribution in [2.24, 2.45) is 5.73 Å². The van der Waals surface area contributed by atoms with Crippen molar-refractivity contribution in [3.63, 3.8) is 0 Å². The molecule has 1 amide bonds. The number of amides is 1. The van der Waals surface area contributed by atoms with Crippen LogP contribution in [0.5, 0.6) is 0 Å². The topological polar surface area (TPSA) is 55.1 Å². The molecule has 0 spiro atoms. The van der Waals surface area contributed by atoms with Crippen LogP contribution >= 0.6 is 0 Å². The third kappa shape index (κ3) is 4.03. The molecule has 3 nitrogen and oxygen atoms in total. The maximum atomic E-state index is 12.9. The second-order valence-electron chi connectivity index (χ2n) is 3.33. The highest BCUT2D eigenvalue weighted by Crippen LogP contribution is 2.30. The molecule has 0 aliphatic rings. The van der Waals surface area contributed by atoms with Crippen LogP contribution in [0.2, 0.25) is 0 Å². The first-order valence-corrected chi connectivity index (χ1v) is 4.66. The maximum Gasteiger partial charge on any atom is 0.416 e. The van der Waals surface area contributed by atoms with Crippen LogP contribution in [0.3, 0.4) is 0 Å². The molecule has 0 atom stereocenters. The van der Waals surface area contributed by atoms with Crippen LogP contribution in [0, 0.1) is 5.82 Å². The van der Waals surface area contributed by atoms with Crippen LogP contribution in [0.15, 0.2) is 18.2 Å². The fraction of sp³-hybridized carbons (Fsp3) is 0.300. The molecule has 0 saturated carbocycles. The number of hydrogen-bond acceptors (Lipinski definition) is 2. The fourth-order valence-electron chi connectivity index (χ4n) is 1.19. The average molecular weight is 250 g/mol. The summed E-state index contributed by atoms with van der Waals surface area (Å²) in [6.07, 6.45) is -4.62. The Morgan fingerprint density at radius 1 is 1.29 bits per heavy atom. The number of carbonyl (C=O) groups is 1. The Balaban J connectivity index is 2.87. The smallest absolute Gasteiger partial charge is 0.351 e. The van der Waals surface area contributed by atoms with Gasteiger partial charge in [0.2, 0.25) is 5.91 Å². The van der Waals surface area contributed by atoms with Crippen molar-refractivity contribution >= 4 is 5.91 Å². The molecule has 0 bridgehead atoms. The Morgan fingerprint density at radius 2 is 1.94 bits per heavy atom. The van der Waals surface area contributed by atoms with Gasteiger partial charge in [-0.2, -0.15) is 13.2 Å². The largest absolute Gasteiger partial charge is 0.416 e. The first-order chi connectivity index (χ1) is 7.82. The van der Waals surface area contributed by atoms with Gasteiger partial charge >= 0.3 is 6.18 Å². The van der Waals surface area contributed by atoms with E-state index in [1.165, 1.54) is 0 Å². The molecule has 0 unspecified atom stereocenters. The minimum absolute atomic E-state index is 0.0270. The third-order valence-electron chi connectivity index (χ3n) is 1.96. The number of halogens is 4. The van der Waals surface area contributed by atoms with E-state index in [2.05, 4.69) is 5.32 Å². The van der Waals surface area contributed by atoms with Crippen molar-refractivity contribution in [2.45, 2.75) is 12.7 Å². The summed E-state index contributed by atoms with van der Waals surface area (Å²) in [7, 11) is 0. The number of benzene rings is 1. The summed E-state index contributed by atoms with van der Waals surface area (Å²) in [4.78, 5) is 10.8. The van der Waals surface area contributed by atoms with Crippen LogP contribution < -0.4 is 11.1 Å². The molecule has 0 aliphatic carbocycles. The fourth-order valence-corrected chi connectivity index (χ4v) is 1.19. The molecule has 1 aromatic carbocycles. The third-order valence-corrected chi connectivity index (χ3v) is 1.96. The Morgan fingerprint density at radius 3 is 2.47 bits per heavy atom. The van der Waals surface area contributed by atoms with E-state index in [1.807, 2.05) is 0 Å². The molecule has 7 heteroatoms. The monoisotopic (exact) mass is 250 g/mol. The molecular formula is C10H10F4N2O. The van der Waals surface area contributed by atoms with E-state index in [4.69, 9.17) is 5.73 Å². The van der Waals surface area contributed by atoms with E-state index in [-0.39, 0.29) is 18.7 Å². The van der Waals surface area contributed by atoms with E-state index in [1.54, 1.807) is 0 Å². The van der Waals surface area contributed by atoms with E-state index < -0.39 is 23.5 Å². The Hall–Kier alpha value is -1.63. The number of carbonyl (C=O) groups excluding carboxylic acids is 1. The molecule has 1 rings (SSSR count). The van der Waals surface area contributed by atoms with E-state index in [9.17, 15) is 22.4 Å². The van der Waals surface area contributed by atoms with Gasteiger partial charge in [0.25, 0.3) is 0 Å². The minimum atomic E-state index is -4.62. The highest BCUT2D eigenvalue weighted by atomic mass is 19.4. The van der Waals surface area contributed by atoms with Crippen LogP contribution in [0.4, 0.5) is 17.6 Å². The maximum absolute atomic E-state index is 12.9. The normalized spacial score (nSPS) is 11.4. The van der Waals surface area contributed by atoms with Crippen molar-refractivity contribution in [3.8, 4) is 0 Å². The summed E-state index contributed by atoms with van der Waals surface area (Å²) in [5, 5.41) is 2.26. The first kappa shape index (κ1) is 13.4.